The van der Waals surface area contributed by atoms with Gasteiger partial charge < -0.3 is 15.4 Å². The van der Waals surface area contributed by atoms with Gasteiger partial charge in [0, 0.05) is 42.6 Å². The molecule has 3 atom stereocenters. The van der Waals surface area contributed by atoms with Crippen LogP contribution in [0, 0.1) is 29.1 Å². The fraction of sp³-hybridized carbons (Fsp3) is 0.560. The molecule has 0 aromatic carbocycles. The topological polar surface area (TPSA) is 121 Å². The Labute approximate surface area is 193 Å². The maximum Gasteiger partial charge on any atom is 0.248 e. The molecule has 1 saturated carbocycles. The molecule has 2 fully saturated rings. The Hall–Kier alpha value is -3.21. The minimum absolute atomic E-state index is 0.0329. The van der Waals surface area contributed by atoms with E-state index < -0.39 is 12.0 Å². The van der Waals surface area contributed by atoms with Crippen LogP contribution >= 0.6 is 0 Å². The standard InChI is InChI=1S/C25H30N4O4/c1-33-25-20-13-19(12-17(20)6-8-28-25)24(32)29-21(10-15-4-5-15)22(30)11-16(14-26)9-18-3-2-7-27-23(18)31/h6,8,13,15-16,18,21H,2-5,7,9-12H2,1H3,(H,27,31)(H,29,32)/t16-,18+,21+/m1/s1. The lowest BCUT2D eigenvalue weighted by Gasteiger charge is -2.24. The number of ketones is 1. The number of nitriles is 1. The predicted octanol–water partition coefficient (Wildman–Crippen LogP) is 2.33. The van der Waals surface area contributed by atoms with Crippen LogP contribution in [0.3, 0.4) is 0 Å². The summed E-state index contributed by atoms with van der Waals surface area (Å²) < 4.78 is 5.29. The molecule has 174 valence electrons. The van der Waals surface area contributed by atoms with E-state index in [1.165, 1.54) is 0 Å². The summed E-state index contributed by atoms with van der Waals surface area (Å²) in [5.74, 6) is -0.281. The predicted molar refractivity (Wildman–Crippen MR) is 121 cm³/mol. The van der Waals surface area contributed by atoms with Crippen molar-refractivity contribution in [1.29, 1.82) is 5.26 Å². The zero-order chi connectivity index (χ0) is 23.4. The zero-order valence-corrected chi connectivity index (χ0v) is 18.9. The zero-order valence-electron chi connectivity index (χ0n) is 18.9. The van der Waals surface area contributed by atoms with E-state index in [9.17, 15) is 19.6 Å². The van der Waals surface area contributed by atoms with Gasteiger partial charge >= 0.3 is 0 Å². The molecule has 2 amide bonds. The summed E-state index contributed by atoms with van der Waals surface area (Å²) in [6.45, 7) is 0.669. The first kappa shape index (κ1) is 23.0. The summed E-state index contributed by atoms with van der Waals surface area (Å²) >= 11 is 0. The summed E-state index contributed by atoms with van der Waals surface area (Å²) in [7, 11) is 1.54. The van der Waals surface area contributed by atoms with E-state index in [1.807, 2.05) is 6.07 Å². The van der Waals surface area contributed by atoms with Crippen molar-refractivity contribution in [3.05, 3.63) is 29.0 Å². The fourth-order valence-corrected chi connectivity index (χ4v) is 4.72. The summed E-state index contributed by atoms with van der Waals surface area (Å²) in [5.41, 5.74) is 2.33. The number of carbonyl (C=O) groups excluding carboxylic acids is 3. The largest absolute Gasteiger partial charge is 0.481 e. The number of carbonyl (C=O) groups is 3. The van der Waals surface area contributed by atoms with Gasteiger partial charge in [0.05, 0.1) is 25.1 Å². The second-order valence-corrected chi connectivity index (χ2v) is 9.31. The molecular weight excluding hydrogens is 420 g/mol. The maximum atomic E-state index is 13.2. The highest BCUT2D eigenvalue weighted by atomic mass is 16.5. The van der Waals surface area contributed by atoms with Crippen LogP contribution in [0.1, 0.15) is 56.1 Å². The summed E-state index contributed by atoms with van der Waals surface area (Å²) in [6.07, 6.45) is 8.66. The normalized spacial score (nSPS) is 21.2. The monoisotopic (exact) mass is 450 g/mol. The van der Waals surface area contributed by atoms with Crippen LogP contribution in [0.15, 0.2) is 17.8 Å². The Bertz CT molecular complexity index is 1010. The van der Waals surface area contributed by atoms with Crippen molar-refractivity contribution in [3.8, 4) is 11.9 Å². The van der Waals surface area contributed by atoms with E-state index in [4.69, 9.17) is 4.74 Å². The van der Waals surface area contributed by atoms with Crippen LogP contribution in [0.25, 0.3) is 6.08 Å². The van der Waals surface area contributed by atoms with Crippen molar-refractivity contribution >= 4 is 23.7 Å². The third kappa shape index (κ3) is 5.59. The van der Waals surface area contributed by atoms with Gasteiger partial charge in [-0.1, -0.05) is 12.8 Å². The highest BCUT2D eigenvalue weighted by Gasteiger charge is 2.34. The molecule has 2 heterocycles. The minimum atomic E-state index is -0.620. The number of pyridine rings is 1. The average Bonchev–Trinajstić information content (AvgIpc) is 3.53. The summed E-state index contributed by atoms with van der Waals surface area (Å²) in [5, 5.41) is 15.4. The molecule has 0 radical (unpaired) electrons. The van der Waals surface area contributed by atoms with Crippen molar-refractivity contribution < 1.29 is 19.1 Å². The van der Waals surface area contributed by atoms with Crippen LogP contribution in [0.4, 0.5) is 0 Å². The van der Waals surface area contributed by atoms with Gasteiger partial charge in [0.1, 0.15) is 0 Å². The van der Waals surface area contributed by atoms with Crippen molar-refractivity contribution in [2.75, 3.05) is 13.7 Å². The lowest BCUT2D eigenvalue weighted by Crippen LogP contribution is -2.43. The summed E-state index contributed by atoms with van der Waals surface area (Å²) in [4.78, 5) is 42.4. The lowest BCUT2D eigenvalue weighted by molar-refractivity contribution is -0.128. The molecule has 4 rings (SSSR count). The molecule has 0 unspecified atom stereocenters. The van der Waals surface area contributed by atoms with E-state index in [0.717, 1.165) is 36.8 Å². The first-order valence-corrected chi connectivity index (χ1v) is 11.7. The Balaban J connectivity index is 1.40. The Kier molecular flexibility index (Phi) is 7.07. The first-order chi connectivity index (χ1) is 16.0. The maximum absolute atomic E-state index is 13.2. The Morgan fingerprint density at radius 1 is 1.33 bits per heavy atom. The Morgan fingerprint density at radius 2 is 2.15 bits per heavy atom. The molecule has 0 spiro atoms. The van der Waals surface area contributed by atoms with Crippen LogP contribution in [0.5, 0.6) is 5.88 Å². The molecule has 8 heteroatoms. The van der Waals surface area contributed by atoms with Gasteiger partial charge in [-0.25, -0.2) is 4.98 Å². The van der Waals surface area contributed by atoms with Crippen LogP contribution in [0.2, 0.25) is 0 Å². The minimum Gasteiger partial charge on any atom is -0.481 e. The molecule has 3 aliphatic rings. The second-order valence-electron chi connectivity index (χ2n) is 9.31. The number of fused-ring (bicyclic) bond motifs is 1. The molecule has 1 aliphatic heterocycles. The molecule has 1 saturated heterocycles. The number of methoxy groups -OCH3 is 1. The molecule has 8 nitrogen and oxygen atoms in total. The lowest BCUT2D eigenvalue weighted by atomic mass is 9.85. The molecule has 2 aliphatic carbocycles. The summed E-state index contributed by atoms with van der Waals surface area (Å²) in [6, 6.07) is 3.45. The van der Waals surface area contributed by atoms with E-state index >= 15 is 0 Å². The molecular formula is C25H30N4O4. The van der Waals surface area contributed by atoms with E-state index in [1.54, 1.807) is 19.4 Å². The smallest absolute Gasteiger partial charge is 0.248 e. The first-order valence-electron chi connectivity index (χ1n) is 11.7. The van der Waals surface area contributed by atoms with E-state index in [2.05, 4.69) is 21.7 Å². The number of aromatic nitrogens is 1. The van der Waals surface area contributed by atoms with Crippen molar-refractivity contribution in [3.63, 3.8) is 0 Å². The number of piperidine rings is 1. The van der Waals surface area contributed by atoms with Gasteiger partial charge in [-0.05, 0) is 49.3 Å². The SMILES string of the molecule is COc1nccc2c1C=C(C(=O)N[C@@H](CC1CC1)C(=O)C[C@H](C#N)C[C@@H]1CCCNC1=O)C2. The number of rotatable bonds is 10. The van der Waals surface area contributed by atoms with Crippen LogP contribution < -0.4 is 15.4 Å². The highest BCUT2D eigenvalue weighted by molar-refractivity contribution is 6.03. The number of hydrogen-bond donors (Lipinski definition) is 2. The van der Waals surface area contributed by atoms with Gasteiger partial charge in [-0.2, -0.15) is 5.26 Å². The molecule has 1 aromatic rings. The quantitative estimate of drug-likeness (QED) is 0.564. The van der Waals surface area contributed by atoms with Crippen molar-refractivity contribution in [2.45, 2.75) is 57.4 Å². The number of amides is 2. The number of Topliss-reactive ketones (excluding diaryl/α,β-unsaturated/α-hetero) is 1. The fourth-order valence-electron chi connectivity index (χ4n) is 4.72. The van der Waals surface area contributed by atoms with E-state index in [-0.39, 0.29) is 29.9 Å². The van der Waals surface area contributed by atoms with Gasteiger partial charge in [0.15, 0.2) is 5.78 Å². The van der Waals surface area contributed by atoms with Gasteiger partial charge in [-0.15, -0.1) is 0 Å². The molecule has 1 aromatic heterocycles. The van der Waals surface area contributed by atoms with E-state index in [0.29, 0.717) is 43.2 Å². The molecule has 0 bridgehead atoms. The average molecular weight is 451 g/mol. The van der Waals surface area contributed by atoms with Crippen molar-refractivity contribution in [2.24, 2.45) is 17.8 Å². The Morgan fingerprint density at radius 3 is 2.85 bits per heavy atom. The molecule has 2 N–H and O–H groups in total. The number of ether oxygens (including phenoxy) is 1. The second kappa shape index (κ2) is 10.2. The number of nitrogens with zero attached hydrogens (tertiary/aromatic N) is 2. The third-order valence-corrected chi connectivity index (χ3v) is 6.79. The third-order valence-electron chi connectivity index (χ3n) is 6.79. The van der Waals surface area contributed by atoms with Gasteiger partial charge in [0.2, 0.25) is 17.7 Å². The van der Waals surface area contributed by atoms with Gasteiger partial charge in [0.25, 0.3) is 0 Å². The highest BCUT2D eigenvalue weighted by Crippen LogP contribution is 2.35. The van der Waals surface area contributed by atoms with Crippen LogP contribution in [-0.2, 0) is 20.8 Å². The van der Waals surface area contributed by atoms with Crippen molar-refractivity contribution in [1.82, 2.24) is 15.6 Å². The molecule has 33 heavy (non-hydrogen) atoms. The number of hydrogen-bond acceptors (Lipinski definition) is 6. The van der Waals surface area contributed by atoms with Gasteiger partial charge in [-0.3, -0.25) is 14.4 Å². The van der Waals surface area contributed by atoms with Crippen LogP contribution in [-0.4, -0.2) is 42.3 Å². The number of nitrogens with one attached hydrogen (secondary N) is 2.